The van der Waals surface area contributed by atoms with E-state index in [0.29, 0.717) is 0 Å². The van der Waals surface area contributed by atoms with Gasteiger partial charge in [0.15, 0.2) is 0 Å². The highest BCUT2D eigenvalue weighted by Gasteiger charge is 2.14. The summed E-state index contributed by atoms with van der Waals surface area (Å²) in [6, 6.07) is 0. The van der Waals surface area contributed by atoms with Crippen LogP contribution >= 0.6 is 0 Å². The van der Waals surface area contributed by atoms with Gasteiger partial charge in [0.2, 0.25) is 0 Å². The minimum absolute atomic E-state index is 0.745. The van der Waals surface area contributed by atoms with Gasteiger partial charge in [0, 0.05) is 0 Å². The van der Waals surface area contributed by atoms with Crippen LogP contribution in [0.5, 0.6) is 0 Å². The lowest BCUT2D eigenvalue weighted by molar-refractivity contribution is 0.190. The molecular formula is C56H136N20. The summed E-state index contributed by atoms with van der Waals surface area (Å²) in [5, 5.41) is 0. The first-order valence-corrected chi connectivity index (χ1v) is 31.5. The van der Waals surface area contributed by atoms with Gasteiger partial charge in [-0.25, -0.2) is 0 Å². The average molecular weight is 1090 g/mol. The SMILES string of the molecule is NCCCN(CCCN)CCCCN(CCCN)CCCN.NCCCN(CCCN)CCCN(CCCCN(CCCN(CCCN)CCCN)CCCN(CCCN)CCCN)CCCN(CCCN)CCCN. The molecule has 24 N–H and O–H groups in total. The summed E-state index contributed by atoms with van der Waals surface area (Å²) in [5.41, 5.74) is 69.3. The minimum Gasteiger partial charge on any atom is -0.330 e. The van der Waals surface area contributed by atoms with E-state index < -0.39 is 0 Å². The summed E-state index contributed by atoms with van der Waals surface area (Å²) in [4.78, 5) is 20.7. The third kappa shape index (κ3) is 52.6. The summed E-state index contributed by atoms with van der Waals surface area (Å²) in [6.45, 7) is 35.6. The van der Waals surface area contributed by atoms with E-state index in [2.05, 4.69) is 39.2 Å². The second kappa shape index (κ2) is 63.4. The molecule has 0 aromatic carbocycles. The summed E-state index contributed by atoms with van der Waals surface area (Å²) >= 11 is 0. The first-order valence-electron chi connectivity index (χ1n) is 31.5. The maximum absolute atomic E-state index is 5.86. The second-order valence-corrected chi connectivity index (χ2v) is 21.3. The first kappa shape index (κ1) is 77.3. The normalized spacial score (nSPS) is 12.2. The number of unbranched alkanes of at least 4 members (excludes halogenated alkanes) is 2. The van der Waals surface area contributed by atoms with Gasteiger partial charge in [0.25, 0.3) is 0 Å². The Balaban J connectivity index is 0. The highest BCUT2D eigenvalue weighted by Crippen LogP contribution is 2.09. The smallest absolute Gasteiger partial charge is 0.000653 e. The Kier molecular flexibility index (Phi) is 64.4. The van der Waals surface area contributed by atoms with Gasteiger partial charge in [-0.3, -0.25) is 0 Å². The van der Waals surface area contributed by atoms with E-state index >= 15 is 0 Å². The summed E-state index contributed by atoms with van der Waals surface area (Å²) < 4.78 is 0. The topological polar surface area (TPSA) is 338 Å². The Morgan fingerprint density at radius 1 is 0.105 bits per heavy atom. The van der Waals surface area contributed by atoms with Gasteiger partial charge in [-0.2, -0.15) is 0 Å². The van der Waals surface area contributed by atoms with Gasteiger partial charge in [0.05, 0.1) is 0 Å². The van der Waals surface area contributed by atoms with Crippen LogP contribution < -0.4 is 68.8 Å². The van der Waals surface area contributed by atoms with Crippen molar-refractivity contribution < 1.29 is 0 Å². The third-order valence-corrected chi connectivity index (χ3v) is 14.3. The molecule has 0 amide bonds. The van der Waals surface area contributed by atoms with Crippen LogP contribution in [0.3, 0.4) is 0 Å². The quantitative estimate of drug-likeness (QED) is 0.0348. The molecule has 0 saturated carbocycles. The lowest BCUT2D eigenvalue weighted by Crippen LogP contribution is -2.36. The Morgan fingerprint density at radius 3 is 0.276 bits per heavy atom. The van der Waals surface area contributed by atoms with Crippen molar-refractivity contribution in [2.45, 2.75) is 128 Å². The lowest BCUT2D eigenvalue weighted by atomic mass is 10.2. The van der Waals surface area contributed by atoms with Crippen molar-refractivity contribution in [3.8, 4) is 0 Å². The Morgan fingerprint density at radius 2 is 0.184 bits per heavy atom. The molecule has 0 radical (unpaired) electrons. The highest BCUT2D eigenvalue weighted by atomic mass is 15.2. The van der Waals surface area contributed by atoms with Crippen LogP contribution in [-0.2, 0) is 0 Å². The molecule has 0 aromatic heterocycles. The molecule has 0 saturated heterocycles. The molecule has 0 atom stereocenters. The van der Waals surface area contributed by atoms with E-state index in [4.69, 9.17) is 68.8 Å². The molecule has 0 aliphatic carbocycles. The van der Waals surface area contributed by atoms with E-state index in [9.17, 15) is 0 Å². The number of hydrogen-bond acceptors (Lipinski definition) is 20. The Hall–Kier alpha value is -0.800. The zero-order valence-corrected chi connectivity index (χ0v) is 50.1. The molecule has 0 aromatic rings. The van der Waals surface area contributed by atoms with Crippen molar-refractivity contribution in [3.05, 3.63) is 0 Å². The van der Waals surface area contributed by atoms with Crippen molar-refractivity contribution >= 4 is 0 Å². The van der Waals surface area contributed by atoms with Crippen molar-refractivity contribution in [2.24, 2.45) is 68.8 Å². The highest BCUT2D eigenvalue weighted by molar-refractivity contribution is 4.71. The average Bonchev–Trinajstić information content (AvgIpc) is 3.43. The summed E-state index contributed by atoms with van der Waals surface area (Å²) in [7, 11) is 0. The van der Waals surface area contributed by atoms with Gasteiger partial charge < -0.3 is 108 Å². The summed E-state index contributed by atoms with van der Waals surface area (Å²) in [5.74, 6) is 0. The maximum Gasteiger partial charge on any atom is -0.000653 e. The van der Waals surface area contributed by atoms with Crippen LogP contribution in [0.2, 0.25) is 0 Å². The van der Waals surface area contributed by atoms with Gasteiger partial charge in [0.1, 0.15) is 0 Å². The van der Waals surface area contributed by atoms with Crippen molar-refractivity contribution in [3.63, 3.8) is 0 Å². The van der Waals surface area contributed by atoms with Crippen LogP contribution in [0.15, 0.2) is 0 Å². The molecule has 0 aliphatic heterocycles. The Bertz CT molecular complexity index is 895. The summed E-state index contributed by atoms with van der Waals surface area (Å²) in [6.07, 6.45) is 22.3. The molecular weight excluding hydrogens is 953 g/mol. The molecule has 0 heterocycles. The number of rotatable bonds is 62. The number of nitrogens with zero attached hydrogens (tertiary/aromatic N) is 8. The van der Waals surface area contributed by atoms with E-state index in [1.165, 1.54) is 51.4 Å². The fraction of sp³-hybridized carbons (Fsp3) is 1.00. The molecule has 460 valence electrons. The number of nitrogens with two attached hydrogens (primary N) is 12. The van der Waals surface area contributed by atoms with Crippen LogP contribution in [0, 0.1) is 0 Å². The zero-order valence-electron chi connectivity index (χ0n) is 50.1. The van der Waals surface area contributed by atoms with Crippen molar-refractivity contribution in [1.29, 1.82) is 0 Å². The van der Waals surface area contributed by atoms with Gasteiger partial charge in [-0.05, 0) is 364 Å². The Labute approximate surface area is 470 Å². The predicted molar refractivity (Wildman–Crippen MR) is 333 cm³/mol. The molecule has 0 rings (SSSR count). The van der Waals surface area contributed by atoms with Crippen molar-refractivity contribution in [2.75, 3.05) is 236 Å². The van der Waals surface area contributed by atoms with Crippen LogP contribution in [0.4, 0.5) is 0 Å². The van der Waals surface area contributed by atoms with Gasteiger partial charge >= 0.3 is 0 Å². The molecule has 0 bridgehead atoms. The number of hydrogen-bond donors (Lipinski definition) is 12. The van der Waals surface area contributed by atoms with Gasteiger partial charge in [-0.1, -0.05) is 0 Å². The second-order valence-electron chi connectivity index (χ2n) is 21.3. The van der Waals surface area contributed by atoms with E-state index in [-0.39, 0.29) is 0 Å². The van der Waals surface area contributed by atoms with Crippen molar-refractivity contribution in [1.82, 2.24) is 39.2 Å². The fourth-order valence-corrected chi connectivity index (χ4v) is 9.88. The maximum atomic E-state index is 5.86. The van der Waals surface area contributed by atoms with Crippen LogP contribution in [-0.4, -0.2) is 275 Å². The molecule has 0 aliphatic rings. The molecule has 20 nitrogen and oxygen atoms in total. The molecule has 0 fully saturated rings. The monoisotopic (exact) mass is 1090 g/mol. The predicted octanol–water partition coefficient (Wildman–Crippen LogP) is -0.305. The largest absolute Gasteiger partial charge is 0.330 e. The van der Waals surface area contributed by atoms with E-state index in [1.54, 1.807) is 0 Å². The lowest BCUT2D eigenvalue weighted by Gasteiger charge is -2.29. The molecule has 76 heavy (non-hydrogen) atoms. The standard InChI is InChI=1S/C40H96N14.C16H40N6/c41-15-3-25-51(26-4-16-42)37-11-33-49(34-12-38-52(27-5-17-43)28-6-18-44)23-1-2-24-50(35-13-39-53(29-7-19-45)30-8-20-46)36-14-40-54(31-9-21-47)32-10-22-48;17-7-3-13-21(14-4-8-18)11-1-2-12-22(15-5-9-19)16-6-10-20/h1-48H2;1-20H2. The van der Waals surface area contributed by atoms with E-state index in [0.717, 1.165) is 313 Å². The minimum atomic E-state index is 0.745. The molecule has 0 spiro atoms. The fourth-order valence-electron chi connectivity index (χ4n) is 9.88. The van der Waals surface area contributed by atoms with Crippen LogP contribution in [0.25, 0.3) is 0 Å². The molecule has 0 unspecified atom stereocenters. The molecule has 20 heteroatoms. The van der Waals surface area contributed by atoms with E-state index in [1.807, 2.05) is 0 Å². The van der Waals surface area contributed by atoms with Gasteiger partial charge in [-0.15, -0.1) is 0 Å². The van der Waals surface area contributed by atoms with Crippen LogP contribution in [0.1, 0.15) is 128 Å². The third-order valence-electron chi connectivity index (χ3n) is 14.3. The zero-order chi connectivity index (χ0) is 56.2. The first-order chi connectivity index (χ1) is 37.3.